The average Bonchev–Trinajstić information content (AvgIpc) is 2.76. The summed E-state index contributed by atoms with van der Waals surface area (Å²) in [5, 5.41) is 3.92. The minimum atomic E-state index is -0.207. The number of nitrogens with one attached hydrogen (secondary N) is 1. The molecule has 0 radical (unpaired) electrons. The zero-order chi connectivity index (χ0) is 13.0. The number of carbonyl (C=O) groups is 1. The van der Waals surface area contributed by atoms with Crippen molar-refractivity contribution in [2.24, 2.45) is 5.10 Å². The Balaban J connectivity index is 1.96. The predicted molar refractivity (Wildman–Crippen MR) is 78.3 cm³/mol. The molecule has 0 aliphatic carbocycles. The number of thiophene rings is 1. The Labute approximate surface area is 118 Å². The molecule has 0 fully saturated rings. The Kier molecular flexibility index (Phi) is 4.28. The molecule has 2 rings (SSSR count). The highest BCUT2D eigenvalue weighted by atomic mass is 79.9. The maximum atomic E-state index is 11.7. The summed E-state index contributed by atoms with van der Waals surface area (Å²) in [6.45, 7) is 1.98. The molecule has 1 amide bonds. The van der Waals surface area contributed by atoms with E-state index in [9.17, 15) is 4.79 Å². The molecule has 2 aromatic rings. The van der Waals surface area contributed by atoms with Gasteiger partial charge >= 0.3 is 0 Å². The van der Waals surface area contributed by atoms with E-state index in [-0.39, 0.29) is 5.91 Å². The van der Waals surface area contributed by atoms with E-state index in [0.29, 0.717) is 5.56 Å². The number of aryl methyl sites for hydroxylation is 1. The highest BCUT2D eigenvalue weighted by Gasteiger charge is 2.02. The van der Waals surface area contributed by atoms with Crippen molar-refractivity contribution in [3.63, 3.8) is 0 Å². The van der Waals surface area contributed by atoms with Crippen LogP contribution in [0.2, 0.25) is 0 Å². The lowest BCUT2D eigenvalue weighted by Gasteiger charge is -1.99. The molecule has 1 aromatic carbocycles. The number of benzene rings is 1. The number of amides is 1. The van der Waals surface area contributed by atoms with Gasteiger partial charge in [-0.15, -0.1) is 11.3 Å². The fourth-order valence-electron chi connectivity index (χ4n) is 1.32. The second-order valence-electron chi connectivity index (χ2n) is 3.71. The summed E-state index contributed by atoms with van der Waals surface area (Å²) in [7, 11) is 0. The smallest absolute Gasteiger partial charge is 0.267 e. The molecule has 1 heterocycles. The monoisotopic (exact) mass is 322 g/mol. The fraction of sp³-hybridized carbons (Fsp3) is 0.0769. The molecule has 3 nitrogen and oxygen atoms in total. The molecule has 0 aliphatic heterocycles. The lowest BCUT2D eigenvalue weighted by molar-refractivity contribution is 0.0955. The van der Waals surface area contributed by atoms with Gasteiger partial charge in [-0.3, -0.25) is 4.79 Å². The van der Waals surface area contributed by atoms with Gasteiger partial charge in [-0.25, -0.2) is 5.43 Å². The molecule has 0 bridgehead atoms. The summed E-state index contributed by atoms with van der Waals surface area (Å²) in [5.41, 5.74) is 4.22. The first-order valence-electron chi connectivity index (χ1n) is 5.30. The zero-order valence-corrected chi connectivity index (χ0v) is 12.1. The van der Waals surface area contributed by atoms with Crippen LogP contribution in [0.25, 0.3) is 0 Å². The van der Waals surface area contributed by atoms with Crippen molar-refractivity contribution >= 4 is 39.4 Å². The van der Waals surface area contributed by atoms with Crippen molar-refractivity contribution in [1.29, 1.82) is 0 Å². The van der Waals surface area contributed by atoms with Crippen LogP contribution < -0.4 is 5.43 Å². The third kappa shape index (κ3) is 3.51. The van der Waals surface area contributed by atoms with Gasteiger partial charge in [-0.1, -0.05) is 17.7 Å². The van der Waals surface area contributed by atoms with Crippen molar-refractivity contribution in [3.05, 3.63) is 56.2 Å². The first-order valence-corrected chi connectivity index (χ1v) is 6.91. The minimum Gasteiger partial charge on any atom is -0.267 e. The number of carbonyl (C=O) groups excluding carboxylic acids is 1. The quantitative estimate of drug-likeness (QED) is 0.681. The summed E-state index contributed by atoms with van der Waals surface area (Å²) < 4.78 is 1.04. The summed E-state index contributed by atoms with van der Waals surface area (Å²) in [6, 6.07) is 11.2. The van der Waals surface area contributed by atoms with Crippen LogP contribution in [0.5, 0.6) is 0 Å². The van der Waals surface area contributed by atoms with E-state index >= 15 is 0 Å². The van der Waals surface area contributed by atoms with Crippen LogP contribution >= 0.6 is 27.3 Å². The van der Waals surface area contributed by atoms with Gasteiger partial charge in [0.15, 0.2) is 0 Å². The highest BCUT2D eigenvalue weighted by Crippen LogP contribution is 2.20. The van der Waals surface area contributed by atoms with E-state index in [1.165, 1.54) is 0 Å². The van der Waals surface area contributed by atoms with Crippen LogP contribution in [0, 0.1) is 6.92 Å². The summed E-state index contributed by atoms with van der Waals surface area (Å²) in [5.74, 6) is -0.207. The number of hydrazone groups is 1. The third-order valence-electron chi connectivity index (χ3n) is 2.27. The Bertz CT molecular complexity index is 575. The SMILES string of the molecule is Cc1ccc(C(=O)N/N=C/c2ccc(Br)s2)cc1. The van der Waals surface area contributed by atoms with Crippen LogP contribution in [0.3, 0.4) is 0 Å². The number of rotatable bonds is 3. The molecule has 0 unspecified atom stereocenters. The summed E-state index contributed by atoms with van der Waals surface area (Å²) >= 11 is 4.92. The van der Waals surface area contributed by atoms with Gasteiger partial charge in [0, 0.05) is 10.4 Å². The van der Waals surface area contributed by atoms with E-state index in [1.807, 2.05) is 31.2 Å². The number of hydrogen-bond acceptors (Lipinski definition) is 3. The standard InChI is InChI=1S/C13H11BrN2OS/c1-9-2-4-10(5-3-9)13(17)16-15-8-11-6-7-12(14)18-11/h2-8H,1H3,(H,16,17)/b15-8+. The normalized spacial score (nSPS) is 10.8. The van der Waals surface area contributed by atoms with Gasteiger partial charge in [0.05, 0.1) is 10.0 Å². The van der Waals surface area contributed by atoms with E-state index in [2.05, 4.69) is 26.5 Å². The van der Waals surface area contributed by atoms with Gasteiger partial charge in [0.25, 0.3) is 5.91 Å². The number of nitrogens with zero attached hydrogens (tertiary/aromatic N) is 1. The predicted octanol–water partition coefficient (Wildman–Crippen LogP) is 3.58. The Morgan fingerprint density at radius 3 is 2.61 bits per heavy atom. The van der Waals surface area contributed by atoms with Gasteiger partial charge in [-0.2, -0.15) is 5.10 Å². The van der Waals surface area contributed by atoms with E-state index in [1.54, 1.807) is 29.7 Å². The zero-order valence-electron chi connectivity index (χ0n) is 9.68. The lowest BCUT2D eigenvalue weighted by Crippen LogP contribution is -2.17. The third-order valence-corrected chi connectivity index (χ3v) is 3.82. The molecular formula is C13H11BrN2OS. The molecule has 5 heteroatoms. The van der Waals surface area contributed by atoms with Gasteiger partial charge in [-0.05, 0) is 47.1 Å². The molecule has 92 valence electrons. The molecular weight excluding hydrogens is 312 g/mol. The van der Waals surface area contributed by atoms with E-state index < -0.39 is 0 Å². The van der Waals surface area contributed by atoms with E-state index in [0.717, 1.165) is 14.2 Å². The van der Waals surface area contributed by atoms with Crippen molar-refractivity contribution in [2.75, 3.05) is 0 Å². The maximum absolute atomic E-state index is 11.7. The average molecular weight is 323 g/mol. The fourth-order valence-corrected chi connectivity index (χ4v) is 2.62. The molecule has 1 aromatic heterocycles. The second kappa shape index (κ2) is 5.93. The van der Waals surface area contributed by atoms with Gasteiger partial charge < -0.3 is 0 Å². The summed E-state index contributed by atoms with van der Waals surface area (Å²) in [6.07, 6.45) is 1.63. The molecule has 0 saturated heterocycles. The Hall–Kier alpha value is -1.46. The first kappa shape index (κ1) is 13.0. The van der Waals surface area contributed by atoms with E-state index in [4.69, 9.17) is 0 Å². The molecule has 0 saturated carbocycles. The largest absolute Gasteiger partial charge is 0.271 e. The van der Waals surface area contributed by atoms with Crippen molar-refractivity contribution in [2.45, 2.75) is 6.92 Å². The van der Waals surface area contributed by atoms with Gasteiger partial charge in [0.1, 0.15) is 0 Å². The van der Waals surface area contributed by atoms with Crippen molar-refractivity contribution in [1.82, 2.24) is 5.43 Å². The topological polar surface area (TPSA) is 41.5 Å². The first-order chi connectivity index (χ1) is 8.65. The molecule has 1 N–H and O–H groups in total. The van der Waals surface area contributed by atoms with Gasteiger partial charge in [0.2, 0.25) is 0 Å². The number of hydrogen-bond donors (Lipinski definition) is 1. The van der Waals surface area contributed by atoms with Crippen LogP contribution in [0.4, 0.5) is 0 Å². The van der Waals surface area contributed by atoms with Crippen LogP contribution in [-0.4, -0.2) is 12.1 Å². The van der Waals surface area contributed by atoms with Crippen LogP contribution in [-0.2, 0) is 0 Å². The van der Waals surface area contributed by atoms with Crippen LogP contribution in [0.15, 0.2) is 45.3 Å². The second-order valence-corrected chi connectivity index (χ2v) is 6.20. The number of halogens is 1. The highest BCUT2D eigenvalue weighted by molar-refractivity contribution is 9.11. The lowest BCUT2D eigenvalue weighted by atomic mass is 10.1. The molecule has 0 aliphatic rings. The minimum absolute atomic E-state index is 0.207. The molecule has 18 heavy (non-hydrogen) atoms. The molecule has 0 atom stereocenters. The van der Waals surface area contributed by atoms with Crippen molar-refractivity contribution < 1.29 is 4.79 Å². The Morgan fingerprint density at radius 2 is 2.00 bits per heavy atom. The summed E-state index contributed by atoms with van der Waals surface area (Å²) in [4.78, 5) is 12.7. The molecule has 0 spiro atoms. The Morgan fingerprint density at radius 1 is 1.28 bits per heavy atom. The maximum Gasteiger partial charge on any atom is 0.271 e. The van der Waals surface area contributed by atoms with Crippen LogP contribution in [0.1, 0.15) is 20.8 Å². The van der Waals surface area contributed by atoms with Crippen molar-refractivity contribution in [3.8, 4) is 0 Å².